The molecule has 1 heterocycles. The first-order valence-electron chi connectivity index (χ1n) is 5.63. The Morgan fingerprint density at radius 3 is 2.88 bits per heavy atom. The van der Waals surface area contributed by atoms with Crippen LogP contribution in [0.3, 0.4) is 0 Å². The van der Waals surface area contributed by atoms with Crippen molar-refractivity contribution in [1.29, 1.82) is 0 Å². The molecule has 0 spiro atoms. The highest BCUT2D eigenvalue weighted by Gasteiger charge is 2.04. The number of nitrogens with one attached hydrogen (secondary N) is 1. The van der Waals surface area contributed by atoms with E-state index in [4.69, 9.17) is 4.74 Å². The summed E-state index contributed by atoms with van der Waals surface area (Å²) >= 11 is 1.65. The Labute approximate surface area is 105 Å². The van der Waals surface area contributed by atoms with Crippen molar-refractivity contribution in [3.05, 3.63) is 40.8 Å². The molecule has 2 aromatic rings. The smallest absolute Gasteiger partial charge is 0.142 e. The molecule has 1 aromatic heterocycles. The zero-order valence-electron chi connectivity index (χ0n) is 10.0. The van der Waals surface area contributed by atoms with Gasteiger partial charge in [-0.1, -0.05) is 12.1 Å². The standard InChI is InChI=1S/C13H16N2OS/c1-10(2)16-12-6-4-3-5-11(12)15-9-13-14-7-8-17-13/h3-8,10,15H,9H2,1-2H3. The summed E-state index contributed by atoms with van der Waals surface area (Å²) in [6, 6.07) is 7.97. The Kier molecular flexibility index (Phi) is 3.98. The van der Waals surface area contributed by atoms with Gasteiger partial charge in [-0.2, -0.15) is 0 Å². The molecule has 0 radical (unpaired) electrons. The first kappa shape index (κ1) is 11.9. The normalized spacial score (nSPS) is 10.5. The number of rotatable bonds is 5. The van der Waals surface area contributed by atoms with Gasteiger partial charge in [0, 0.05) is 11.6 Å². The lowest BCUT2D eigenvalue weighted by Gasteiger charge is -2.14. The van der Waals surface area contributed by atoms with Gasteiger partial charge in [0.15, 0.2) is 0 Å². The fraction of sp³-hybridized carbons (Fsp3) is 0.308. The van der Waals surface area contributed by atoms with Crippen molar-refractivity contribution in [2.24, 2.45) is 0 Å². The van der Waals surface area contributed by atoms with Crippen LogP contribution in [0.15, 0.2) is 35.8 Å². The third-order valence-corrected chi connectivity index (χ3v) is 2.94. The summed E-state index contributed by atoms with van der Waals surface area (Å²) in [5.41, 5.74) is 1.01. The van der Waals surface area contributed by atoms with E-state index in [1.54, 1.807) is 11.3 Å². The van der Waals surface area contributed by atoms with Crippen LogP contribution in [0.25, 0.3) is 0 Å². The highest BCUT2D eigenvalue weighted by atomic mass is 32.1. The van der Waals surface area contributed by atoms with Crippen LogP contribution in [0.4, 0.5) is 5.69 Å². The molecule has 0 saturated carbocycles. The van der Waals surface area contributed by atoms with E-state index in [0.717, 1.165) is 23.0 Å². The van der Waals surface area contributed by atoms with Gasteiger partial charge in [-0.15, -0.1) is 11.3 Å². The Morgan fingerprint density at radius 1 is 1.35 bits per heavy atom. The summed E-state index contributed by atoms with van der Waals surface area (Å²) in [5.74, 6) is 0.888. The molecule has 0 fully saturated rings. The number of ether oxygens (including phenoxy) is 1. The van der Waals surface area contributed by atoms with Crippen LogP contribution < -0.4 is 10.1 Å². The Bertz CT molecular complexity index is 454. The number of para-hydroxylation sites is 2. The van der Waals surface area contributed by atoms with Gasteiger partial charge in [-0.05, 0) is 26.0 Å². The minimum absolute atomic E-state index is 0.179. The summed E-state index contributed by atoms with van der Waals surface area (Å²) in [4.78, 5) is 4.24. The van der Waals surface area contributed by atoms with E-state index in [1.165, 1.54) is 0 Å². The maximum absolute atomic E-state index is 5.74. The van der Waals surface area contributed by atoms with Gasteiger partial charge in [0.25, 0.3) is 0 Å². The van der Waals surface area contributed by atoms with Crippen LogP contribution in [0.2, 0.25) is 0 Å². The maximum atomic E-state index is 5.74. The van der Waals surface area contributed by atoms with Gasteiger partial charge in [0.05, 0.1) is 18.3 Å². The average Bonchev–Trinajstić information content (AvgIpc) is 2.80. The van der Waals surface area contributed by atoms with Crippen molar-refractivity contribution < 1.29 is 4.74 Å². The Hall–Kier alpha value is -1.55. The predicted molar refractivity (Wildman–Crippen MR) is 71.6 cm³/mol. The third-order valence-electron chi connectivity index (χ3n) is 2.16. The van der Waals surface area contributed by atoms with E-state index >= 15 is 0 Å². The summed E-state index contributed by atoms with van der Waals surface area (Å²) in [6.07, 6.45) is 2.00. The molecule has 2 rings (SSSR count). The van der Waals surface area contributed by atoms with Crippen LogP contribution in [0.1, 0.15) is 18.9 Å². The number of aromatic nitrogens is 1. The van der Waals surface area contributed by atoms with E-state index in [0.29, 0.717) is 0 Å². The molecule has 1 aromatic carbocycles. The van der Waals surface area contributed by atoms with Crippen molar-refractivity contribution in [2.45, 2.75) is 26.5 Å². The van der Waals surface area contributed by atoms with Crippen molar-refractivity contribution >= 4 is 17.0 Å². The average molecular weight is 248 g/mol. The number of hydrogen-bond donors (Lipinski definition) is 1. The number of thiazole rings is 1. The zero-order chi connectivity index (χ0) is 12.1. The Balaban J connectivity index is 2.04. The summed E-state index contributed by atoms with van der Waals surface area (Å²) < 4.78 is 5.74. The van der Waals surface area contributed by atoms with Gasteiger partial charge in [0.1, 0.15) is 10.8 Å². The van der Waals surface area contributed by atoms with Crippen LogP contribution in [-0.2, 0) is 6.54 Å². The largest absolute Gasteiger partial charge is 0.489 e. The molecule has 17 heavy (non-hydrogen) atoms. The second-order valence-corrected chi connectivity index (χ2v) is 4.92. The molecule has 4 heteroatoms. The fourth-order valence-corrected chi connectivity index (χ4v) is 2.04. The van der Waals surface area contributed by atoms with E-state index < -0.39 is 0 Å². The molecule has 0 atom stereocenters. The second kappa shape index (κ2) is 5.68. The van der Waals surface area contributed by atoms with E-state index in [9.17, 15) is 0 Å². The molecular formula is C13H16N2OS. The van der Waals surface area contributed by atoms with Crippen molar-refractivity contribution in [2.75, 3.05) is 5.32 Å². The van der Waals surface area contributed by atoms with Gasteiger partial charge in [-0.25, -0.2) is 4.98 Å². The lowest BCUT2D eigenvalue weighted by molar-refractivity contribution is 0.243. The summed E-state index contributed by atoms with van der Waals surface area (Å²) in [6.45, 7) is 4.78. The quantitative estimate of drug-likeness (QED) is 0.878. The van der Waals surface area contributed by atoms with Gasteiger partial charge in [-0.3, -0.25) is 0 Å². The highest BCUT2D eigenvalue weighted by molar-refractivity contribution is 7.09. The maximum Gasteiger partial charge on any atom is 0.142 e. The van der Waals surface area contributed by atoms with Crippen molar-refractivity contribution in [3.8, 4) is 5.75 Å². The monoisotopic (exact) mass is 248 g/mol. The lowest BCUT2D eigenvalue weighted by Crippen LogP contribution is -2.08. The number of anilines is 1. The number of benzene rings is 1. The van der Waals surface area contributed by atoms with Gasteiger partial charge < -0.3 is 10.1 Å². The molecule has 3 nitrogen and oxygen atoms in total. The minimum Gasteiger partial charge on any atom is -0.489 e. The van der Waals surface area contributed by atoms with Gasteiger partial charge in [0.2, 0.25) is 0 Å². The van der Waals surface area contributed by atoms with Crippen LogP contribution in [-0.4, -0.2) is 11.1 Å². The zero-order valence-corrected chi connectivity index (χ0v) is 10.8. The molecule has 0 unspecified atom stereocenters. The van der Waals surface area contributed by atoms with E-state index in [2.05, 4.69) is 10.3 Å². The first-order valence-corrected chi connectivity index (χ1v) is 6.51. The molecule has 0 aliphatic carbocycles. The first-order chi connectivity index (χ1) is 8.25. The lowest BCUT2D eigenvalue weighted by atomic mass is 10.3. The van der Waals surface area contributed by atoms with Gasteiger partial charge >= 0.3 is 0 Å². The van der Waals surface area contributed by atoms with Crippen LogP contribution in [0, 0.1) is 0 Å². The number of hydrogen-bond acceptors (Lipinski definition) is 4. The summed E-state index contributed by atoms with van der Waals surface area (Å²) in [7, 11) is 0. The topological polar surface area (TPSA) is 34.1 Å². The minimum atomic E-state index is 0.179. The second-order valence-electron chi connectivity index (χ2n) is 3.94. The third kappa shape index (κ3) is 3.46. The highest BCUT2D eigenvalue weighted by Crippen LogP contribution is 2.25. The molecule has 0 amide bonds. The number of nitrogens with zero attached hydrogens (tertiary/aromatic N) is 1. The van der Waals surface area contributed by atoms with Crippen LogP contribution >= 0.6 is 11.3 Å². The molecule has 0 saturated heterocycles. The Morgan fingerprint density at radius 2 is 2.18 bits per heavy atom. The summed E-state index contributed by atoms with van der Waals surface area (Å²) in [5, 5.41) is 6.40. The van der Waals surface area contributed by atoms with E-state index in [-0.39, 0.29) is 6.10 Å². The van der Waals surface area contributed by atoms with Crippen LogP contribution in [0.5, 0.6) is 5.75 Å². The predicted octanol–water partition coefficient (Wildman–Crippen LogP) is 3.54. The van der Waals surface area contributed by atoms with Crippen molar-refractivity contribution in [3.63, 3.8) is 0 Å². The molecule has 0 bridgehead atoms. The van der Waals surface area contributed by atoms with E-state index in [1.807, 2.05) is 49.7 Å². The SMILES string of the molecule is CC(C)Oc1ccccc1NCc1nccs1. The molecule has 90 valence electrons. The van der Waals surface area contributed by atoms with Crippen molar-refractivity contribution in [1.82, 2.24) is 4.98 Å². The molecule has 0 aliphatic heterocycles. The molecule has 0 aliphatic rings. The molecular weight excluding hydrogens is 232 g/mol. The molecule has 1 N–H and O–H groups in total. The fourth-order valence-electron chi connectivity index (χ4n) is 1.48.